The standard InChI is InChI=1S/C15H16N2O2S/c18-14(16-8-11-6-7-19-9-11)13-10-20-15(17-13)12-4-2-1-3-5-12/h1-5,10-11H,6-9H2,(H,16,18)/t11-/m0/s1. The van der Waals surface area contributed by atoms with Crippen LogP contribution in [0.2, 0.25) is 0 Å². The molecule has 1 aromatic carbocycles. The van der Waals surface area contributed by atoms with E-state index in [1.165, 1.54) is 11.3 Å². The molecular weight excluding hydrogens is 272 g/mol. The molecule has 1 amide bonds. The summed E-state index contributed by atoms with van der Waals surface area (Å²) in [5.41, 5.74) is 1.54. The van der Waals surface area contributed by atoms with Crippen LogP contribution in [0.25, 0.3) is 10.6 Å². The normalized spacial score (nSPS) is 18.1. The van der Waals surface area contributed by atoms with Gasteiger partial charge in [0.1, 0.15) is 10.7 Å². The highest BCUT2D eigenvalue weighted by molar-refractivity contribution is 7.13. The van der Waals surface area contributed by atoms with E-state index in [2.05, 4.69) is 10.3 Å². The summed E-state index contributed by atoms with van der Waals surface area (Å²) in [7, 11) is 0. The number of thiazole rings is 1. The number of amides is 1. The summed E-state index contributed by atoms with van der Waals surface area (Å²) in [6.07, 6.45) is 1.02. The fraction of sp³-hybridized carbons (Fsp3) is 0.333. The van der Waals surface area contributed by atoms with Crippen molar-refractivity contribution in [3.05, 3.63) is 41.4 Å². The van der Waals surface area contributed by atoms with Crippen LogP contribution in [0.3, 0.4) is 0 Å². The highest BCUT2D eigenvalue weighted by atomic mass is 32.1. The first-order chi connectivity index (χ1) is 9.83. The first-order valence-corrected chi connectivity index (χ1v) is 7.58. The minimum atomic E-state index is -0.102. The lowest BCUT2D eigenvalue weighted by Crippen LogP contribution is -2.29. The lowest BCUT2D eigenvalue weighted by atomic mass is 10.1. The van der Waals surface area contributed by atoms with Crippen LogP contribution < -0.4 is 5.32 Å². The van der Waals surface area contributed by atoms with Crippen LogP contribution in [0.1, 0.15) is 16.9 Å². The third-order valence-electron chi connectivity index (χ3n) is 3.33. The van der Waals surface area contributed by atoms with E-state index < -0.39 is 0 Å². The molecule has 0 saturated carbocycles. The molecule has 0 bridgehead atoms. The van der Waals surface area contributed by atoms with Crippen LogP contribution in [0.15, 0.2) is 35.7 Å². The fourth-order valence-corrected chi connectivity index (χ4v) is 2.97. The number of nitrogens with zero attached hydrogens (tertiary/aromatic N) is 1. The van der Waals surface area contributed by atoms with Crippen LogP contribution in [0.4, 0.5) is 0 Å². The van der Waals surface area contributed by atoms with Crippen molar-refractivity contribution >= 4 is 17.2 Å². The van der Waals surface area contributed by atoms with Crippen molar-refractivity contribution in [1.82, 2.24) is 10.3 Å². The van der Waals surface area contributed by atoms with Crippen molar-refractivity contribution in [2.24, 2.45) is 5.92 Å². The molecule has 4 nitrogen and oxygen atoms in total. The summed E-state index contributed by atoms with van der Waals surface area (Å²) in [5, 5.41) is 5.61. The van der Waals surface area contributed by atoms with Gasteiger partial charge in [-0.15, -0.1) is 11.3 Å². The Bertz CT molecular complexity index is 577. The highest BCUT2D eigenvalue weighted by Crippen LogP contribution is 2.23. The number of carbonyl (C=O) groups is 1. The summed E-state index contributed by atoms with van der Waals surface area (Å²) in [6.45, 7) is 2.21. The van der Waals surface area contributed by atoms with E-state index in [0.29, 0.717) is 18.2 Å². The molecule has 3 rings (SSSR count). The Labute approximate surface area is 121 Å². The van der Waals surface area contributed by atoms with Gasteiger partial charge in [0.05, 0.1) is 6.61 Å². The molecule has 2 heterocycles. The predicted octanol–water partition coefficient (Wildman–Crippen LogP) is 2.58. The number of benzene rings is 1. The predicted molar refractivity (Wildman–Crippen MR) is 78.8 cm³/mol. The maximum absolute atomic E-state index is 12.0. The van der Waals surface area contributed by atoms with Crippen LogP contribution in [0, 0.1) is 5.92 Å². The first kappa shape index (κ1) is 13.3. The summed E-state index contributed by atoms with van der Waals surface area (Å²) in [6, 6.07) is 9.90. The quantitative estimate of drug-likeness (QED) is 0.940. The van der Waals surface area contributed by atoms with Crippen molar-refractivity contribution in [3.8, 4) is 10.6 Å². The zero-order valence-electron chi connectivity index (χ0n) is 11.0. The van der Waals surface area contributed by atoms with Gasteiger partial charge in [0.2, 0.25) is 0 Å². The Morgan fingerprint density at radius 3 is 3.00 bits per heavy atom. The molecule has 1 aliphatic rings. The van der Waals surface area contributed by atoms with Gasteiger partial charge in [-0.3, -0.25) is 4.79 Å². The summed E-state index contributed by atoms with van der Waals surface area (Å²) >= 11 is 1.49. The number of rotatable bonds is 4. The molecule has 0 spiro atoms. The topological polar surface area (TPSA) is 51.2 Å². The smallest absolute Gasteiger partial charge is 0.270 e. The molecular formula is C15H16N2O2S. The molecule has 1 aromatic heterocycles. The van der Waals surface area contributed by atoms with Crippen LogP contribution in [-0.2, 0) is 4.74 Å². The van der Waals surface area contributed by atoms with Crippen molar-refractivity contribution in [2.45, 2.75) is 6.42 Å². The van der Waals surface area contributed by atoms with E-state index in [-0.39, 0.29) is 5.91 Å². The molecule has 1 N–H and O–H groups in total. The summed E-state index contributed by atoms with van der Waals surface area (Å²) in [4.78, 5) is 16.4. The number of carbonyl (C=O) groups excluding carboxylic acids is 1. The van der Waals surface area contributed by atoms with E-state index >= 15 is 0 Å². The van der Waals surface area contributed by atoms with Crippen LogP contribution in [-0.4, -0.2) is 30.6 Å². The third kappa shape index (κ3) is 3.05. The molecule has 0 unspecified atom stereocenters. The zero-order valence-corrected chi connectivity index (χ0v) is 11.9. The fourth-order valence-electron chi connectivity index (χ4n) is 2.16. The average Bonchev–Trinajstić information content (AvgIpc) is 3.17. The molecule has 0 aliphatic carbocycles. The zero-order chi connectivity index (χ0) is 13.8. The second-order valence-electron chi connectivity index (χ2n) is 4.84. The molecule has 1 fully saturated rings. The summed E-state index contributed by atoms with van der Waals surface area (Å²) < 4.78 is 5.29. The number of aromatic nitrogens is 1. The Balaban J connectivity index is 1.62. The molecule has 104 valence electrons. The van der Waals surface area contributed by atoms with E-state index in [0.717, 1.165) is 30.2 Å². The minimum absolute atomic E-state index is 0.102. The van der Waals surface area contributed by atoms with Gasteiger partial charge >= 0.3 is 0 Å². The minimum Gasteiger partial charge on any atom is -0.381 e. The van der Waals surface area contributed by atoms with E-state index in [4.69, 9.17) is 4.74 Å². The molecule has 0 radical (unpaired) electrons. The van der Waals surface area contributed by atoms with Gasteiger partial charge in [-0.05, 0) is 6.42 Å². The van der Waals surface area contributed by atoms with Gasteiger partial charge in [-0.2, -0.15) is 0 Å². The van der Waals surface area contributed by atoms with Crippen molar-refractivity contribution in [2.75, 3.05) is 19.8 Å². The molecule has 1 atom stereocenters. The van der Waals surface area contributed by atoms with Gasteiger partial charge in [0, 0.05) is 30.0 Å². The number of hydrogen-bond donors (Lipinski definition) is 1. The van der Waals surface area contributed by atoms with Gasteiger partial charge < -0.3 is 10.1 Å². The third-order valence-corrected chi connectivity index (χ3v) is 4.22. The molecule has 5 heteroatoms. The lowest BCUT2D eigenvalue weighted by molar-refractivity contribution is 0.0941. The van der Waals surface area contributed by atoms with Gasteiger partial charge in [0.25, 0.3) is 5.91 Å². The van der Waals surface area contributed by atoms with E-state index in [1.54, 1.807) is 0 Å². The van der Waals surface area contributed by atoms with Gasteiger partial charge in [0.15, 0.2) is 0 Å². The first-order valence-electron chi connectivity index (χ1n) is 6.70. The average molecular weight is 288 g/mol. The van der Waals surface area contributed by atoms with Crippen molar-refractivity contribution in [1.29, 1.82) is 0 Å². The van der Waals surface area contributed by atoms with Gasteiger partial charge in [-0.25, -0.2) is 4.98 Å². The van der Waals surface area contributed by atoms with Crippen LogP contribution in [0.5, 0.6) is 0 Å². The lowest BCUT2D eigenvalue weighted by Gasteiger charge is -2.07. The van der Waals surface area contributed by atoms with Crippen molar-refractivity contribution in [3.63, 3.8) is 0 Å². The SMILES string of the molecule is O=C(NC[C@@H]1CCOC1)c1csc(-c2ccccc2)n1. The second kappa shape index (κ2) is 6.15. The largest absolute Gasteiger partial charge is 0.381 e. The number of nitrogens with one attached hydrogen (secondary N) is 1. The molecule has 20 heavy (non-hydrogen) atoms. The maximum atomic E-state index is 12.0. The monoisotopic (exact) mass is 288 g/mol. The Hall–Kier alpha value is -1.72. The Morgan fingerprint density at radius 1 is 1.40 bits per heavy atom. The van der Waals surface area contributed by atoms with Crippen LogP contribution >= 0.6 is 11.3 Å². The Kier molecular flexibility index (Phi) is 4.08. The number of hydrogen-bond acceptors (Lipinski definition) is 4. The maximum Gasteiger partial charge on any atom is 0.270 e. The summed E-state index contributed by atoms with van der Waals surface area (Å²) in [5.74, 6) is 0.335. The Morgan fingerprint density at radius 2 is 2.25 bits per heavy atom. The second-order valence-corrected chi connectivity index (χ2v) is 5.70. The highest BCUT2D eigenvalue weighted by Gasteiger charge is 2.18. The molecule has 1 aliphatic heterocycles. The van der Waals surface area contributed by atoms with Gasteiger partial charge in [-0.1, -0.05) is 30.3 Å². The van der Waals surface area contributed by atoms with E-state index in [1.807, 2.05) is 35.7 Å². The molecule has 2 aromatic rings. The number of ether oxygens (including phenoxy) is 1. The van der Waals surface area contributed by atoms with Crippen molar-refractivity contribution < 1.29 is 9.53 Å². The molecule has 1 saturated heterocycles. The van der Waals surface area contributed by atoms with E-state index in [9.17, 15) is 4.79 Å².